The SMILES string of the molecule is CCCCc1ccc2sc3ccccc3c2c1N1c2ccc(-c3ccccc3)cc2B2c3ccc(-n4c5ccccc5c5ccccc54)cc3Oc3cc(C(C)(C)C)cc1c32. The van der Waals surface area contributed by atoms with E-state index in [4.69, 9.17) is 4.74 Å². The van der Waals surface area contributed by atoms with Crippen LogP contribution in [0.1, 0.15) is 51.7 Å². The molecule has 12 rings (SSSR count). The third-order valence-electron chi connectivity index (χ3n) is 13.2. The summed E-state index contributed by atoms with van der Waals surface area (Å²) in [6, 6.07) is 61.1. The highest BCUT2D eigenvalue weighted by Crippen LogP contribution is 2.50. The van der Waals surface area contributed by atoms with Gasteiger partial charge >= 0.3 is 0 Å². The van der Waals surface area contributed by atoms with Crippen molar-refractivity contribution in [3.8, 4) is 28.3 Å². The number of unbranched alkanes of at least 4 members (excludes halogenated alkanes) is 1. The highest BCUT2D eigenvalue weighted by atomic mass is 32.1. The van der Waals surface area contributed by atoms with Crippen LogP contribution in [0.4, 0.5) is 17.1 Å². The van der Waals surface area contributed by atoms with Gasteiger partial charge in [-0.1, -0.05) is 143 Å². The van der Waals surface area contributed by atoms with Gasteiger partial charge in [0.25, 0.3) is 6.71 Å². The summed E-state index contributed by atoms with van der Waals surface area (Å²) in [6.07, 6.45) is 3.27. The number of anilines is 3. The maximum absolute atomic E-state index is 7.34. The van der Waals surface area contributed by atoms with Crippen molar-refractivity contribution < 1.29 is 4.74 Å². The molecule has 4 heterocycles. The van der Waals surface area contributed by atoms with Gasteiger partial charge in [-0.15, -0.1) is 11.3 Å². The number of ether oxygens (including phenoxy) is 1. The van der Waals surface area contributed by atoms with Crippen molar-refractivity contribution in [2.45, 2.75) is 52.4 Å². The smallest absolute Gasteiger partial charge is 0.256 e. The summed E-state index contributed by atoms with van der Waals surface area (Å²) < 4.78 is 12.4. The number of rotatable bonds is 6. The van der Waals surface area contributed by atoms with E-state index in [0.29, 0.717) is 0 Å². The molecule has 2 aliphatic heterocycles. The molecule has 0 atom stereocenters. The fourth-order valence-corrected chi connectivity index (χ4v) is 11.3. The van der Waals surface area contributed by atoms with E-state index < -0.39 is 0 Å². The van der Waals surface area contributed by atoms with Crippen LogP contribution in [-0.4, -0.2) is 11.3 Å². The van der Waals surface area contributed by atoms with E-state index in [1.807, 2.05) is 11.3 Å². The second-order valence-corrected chi connectivity index (χ2v) is 19.0. The van der Waals surface area contributed by atoms with E-state index in [2.05, 4.69) is 201 Å². The molecule has 0 aliphatic carbocycles. The lowest BCUT2D eigenvalue weighted by atomic mass is 9.34. The Morgan fingerprint density at radius 2 is 1.31 bits per heavy atom. The van der Waals surface area contributed by atoms with Crippen LogP contribution >= 0.6 is 11.3 Å². The molecule has 10 aromatic rings. The van der Waals surface area contributed by atoms with Crippen LogP contribution in [0.5, 0.6) is 11.5 Å². The van der Waals surface area contributed by atoms with Crippen LogP contribution in [0.15, 0.2) is 164 Å². The predicted octanol–water partition coefficient (Wildman–Crippen LogP) is 13.9. The van der Waals surface area contributed by atoms with Crippen molar-refractivity contribution in [2.24, 2.45) is 0 Å². The highest BCUT2D eigenvalue weighted by Gasteiger charge is 2.44. The van der Waals surface area contributed by atoms with Gasteiger partial charge in [0, 0.05) is 54.1 Å². The first-order valence-corrected chi connectivity index (χ1v) is 22.6. The molecule has 0 spiro atoms. The van der Waals surface area contributed by atoms with Crippen LogP contribution in [0.3, 0.4) is 0 Å². The average Bonchev–Trinajstić information content (AvgIpc) is 3.84. The molecule has 0 unspecified atom stereocenters. The average molecular weight is 805 g/mol. The number of aromatic nitrogens is 1. The van der Waals surface area contributed by atoms with Gasteiger partial charge in [0.15, 0.2) is 0 Å². The summed E-state index contributed by atoms with van der Waals surface area (Å²) >= 11 is 1.90. The minimum atomic E-state index is -0.120. The fraction of sp³-hybridized carbons (Fsp3) is 0.143. The Bertz CT molecular complexity index is 3340. The zero-order chi connectivity index (χ0) is 41.0. The summed E-state index contributed by atoms with van der Waals surface area (Å²) in [5.74, 6) is 1.85. The van der Waals surface area contributed by atoms with E-state index in [1.165, 1.54) is 97.7 Å². The molecule has 0 bridgehead atoms. The van der Waals surface area contributed by atoms with E-state index in [1.54, 1.807) is 0 Å². The summed E-state index contributed by atoms with van der Waals surface area (Å²) in [6.45, 7) is 9.23. The molecular formula is C56H45BN2OS. The molecule has 0 saturated carbocycles. The Hall–Kier alpha value is -6.56. The number of para-hydroxylation sites is 2. The summed E-state index contributed by atoms with van der Waals surface area (Å²) in [5, 5.41) is 5.17. The molecule has 2 aromatic heterocycles. The largest absolute Gasteiger partial charge is 0.458 e. The van der Waals surface area contributed by atoms with Crippen LogP contribution < -0.4 is 26.0 Å². The van der Waals surface area contributed by atoms with Crippen LogP contribution in [0.25, 0.3) is 58.8 Å². The van der Waals surface area contributed by atoms with Crippen LogP contribution in [0, 0.1) is 0 Å². The van der Waals surface area contributed by atoms with Gasteiger partial charge in [0.05, 0.1) is 16.7 Å². The van der Waals surface area contributed by atoms with Gasteiger partial charge in [-0.05, 0) is 105 Å². The Kier molecular flexibility index (Phi) is 8.18. The molecule has 2 aliphatic rings. The predicted molar refractivity (Wildman–Crippen MR) is 262 cm³/mol. The lowest BCUT2D eigenvalue weighted by Crippen LogP contribution is -2.59. The Labute approximate surface area is 361 Å². The molecule has 5 heteroatoms. The number of fused-ring (bicyclic) bond motifs is 10. The lowest BCUT2D eigenvalue weighted by Gasteiger charge is -2.42. The Morgan fingerprint density at radius 1 is 0.590 bits per heavy atom. The monoisotopic (exact) mass is 804 g/mol. The third kappa shape index (κ3) is 5.56. The molecular weight excluding hydrogens is 760 g/mol. The van der Waals surface area contributed by atoms with Gasteiger partial charge in [-0.3, -0.25) is 0 Å². The van der Waals surface area contributed by atoms with E-state index in [9.17, 15) is 0 Å². The van der Waals surface area contributed by atoms with Crippen molar-refractivity contribution in [1.29, 1.82) is 0 Å². The van der Waals surface area contributed by atoms with E-state index >= 15 is 0 Å². The summed E-state index contributed by atoms with van der Waals surface area (Å²) in [7, 11) is 0. The number of hydrogen-bond acceptors (Lipinski definition) is 3. The third-order valence-corrected chi connectivity index (χ3v) is 14.3. The minimum Gasteiger partial charge on any atom is -0.458 e. The van der Waals surface area contributed by atoms with Gasteiger partial charge in [0.1, 0.15) is 11.5 Å². The number of nitrogens with zero attached hydrogens (tertiary/aromatic N) is 2. The van der Waals surface area contributed by atoms with E-state index in [0.717, 1.165) is 36.4 Å². The van der Waals surface area contributed by atoms with Crippen molar-refractivity contribution >= 4 is 93.5 Å². The van der Waals surface area contributed by atoms with Gasteiger partial charge in [-0.2, -0.15) is 0 Å². The first-order valence-electron chi connectivity index (χ1n) is 21.8. The first kappa shape index (κ1) is 36.3. The van der Waals surface area contributed by atoms with Crippen molar-refractivity contribution in [1.82, 2.24) is 4.57 Å². The number of benzene rings is 8. The second kappa shape index (κ2) is 13.7. The number of thiophene rings is 1. The van der Waals surface area contributed by atoms with Gasteiger partial charge in [0.2, 0.25) is 0 Å². The summed E-state index contributed by atoms with van der Waals surface area (Å²) in [4.78, 5) is 2.64. The molecule has 0 saturated heterocycles. The molecule has 61 heavy (non-hydrogen) atoms. The summed E-state index contributed by atoms with van der Waals surface area (Å²) in [5.41, 5.74) is 15.9. The molecule has 0 radical (unpaired) electrons. The van der Waals surface area contributed by atoms with Crippen molar-refractivity contribution in [3.63, 3.8) is 0 Å². The van der Waals surface area contributed by atoms with Gasteiger partial charge < -0.3 is 14.2 Å². The minimum absolute atomic E-state index is 0.0394. The molecule has 3 nitrogen and oxygen atoms in total. The molecule has 294 valence electrons. The normalized spacial score (nSPS) is 13.2. The number of aryl methyl sites for hydroxylation is 1. The van der Waals surface area contributed by atoms with Crippen molar-refractivity contribution in [2.75, 3.05) is 4.90 Å². The first-order chi connectivity index (χ1) is 29.9. The fourth-order valence-electron chi connectivity index (χ4n) is 10.2. The lowest BCUT2D eigenvalue weighted by molar-refractivity contribution is 0.483. The molecule has 0 fully saturated rings. The molecule has 0 amide bonds. The molecule has 8 aromatic carbocycles. The quantitative estimate of drug-likeness (QED) is 0.156. The highest BCUT2D eigenvalue weighted by molar-refractivity contribution is 7.26. The van der Waals surface area contributed by atoms with Gasteiger partial charge in [-0.25, -0.2) is 0 Å². The van der Waals surface area contributed by atoms with Crippen molar-refractivity contribution in [3.05, 3.63) is 175 Å². The van der Waals surface area contributed by atoms with Crippen LogP contribution in [-0.2, 0) is 11.8 Å². The van der Waals surface area contributed by atoms with Crippen LogP contribution in [0.2, 0.25) is 0 Å². The molecule has 0 N–H and O–H groups in total. The maximum Gasteiger partial charge on any atom is 0.256 e. The van der Waals surface area contributed by atoms with E-state index in [-0.39, 0.29) is 12.1 Å². The number of hydrogen-bond donors (Lipinski definition) is 0. The Morgan fingerprint density at radius 3 is 2.07 bits per heavy atom. The standard InChI is InChI=1S/C56H45BN2OS/c1-5-6-16-36-26-30-52-53(42-21-12-15-24-51(42)61-52)55(36)59-47-29-25-37(35-17-8-7-9-18-35)31-44(47)57-43-28-27-39(58-45-22-13-10-19-40(45)41-20-11-14-23-46(41)58)34-49(43)60-50-33-38(56(2,3)4)32-48(59)54(50)57/h7-15,17-34H,5-6,16H2,1-4H3. The second-order valence-electron chi connectivity index (χ2n) is 17.9. The topological polar surface area (TPSA) is 17.4 Å². The maximum atomic E-state index is 7.34. The zero-order valence-corrected chi connectivity index (χ0v) is 35.8. The zero-order valence-electron chi connectivity index (χ0n) is 35.0. The Balaban J connectivity index is 1.16.